The van der Waals surface area contributed by atoms with Crippen LogP contribution in [0.2, 0.25) is 0 Å². The summed E-state index contributed by atoms with van der Waals surface area (Å²) in [4.78, 5) is 29.8. The molecular weight excluding hydrogens is 360 g/mol. The Kier molecular flexibility index (Phi) is 6.28. The van der Waals surface area contributed by atoms with E-state index in [2.05, 4.69) is 30.3 Å². The zero-order chi connectivity index (χ0) is 20.1. The first-order chi connectivity index (χ1) is 14.2. The number of benzene rings is 2. The number of rotatable bonds is 5. The number of carbonyl (C=O) groups is 2. The van der Waals surface area contributed by atoms with Gasteiger partial charge in [-0.25, -0.2) is 0 Å². The molecule has 2 aliphatic heterocycles. The molecule has 4 nitrogen and oxygen atoms in total. The Bertz CT molecular complexity index is 835. The van der Waals surface area contributed by atoms with E-state index in [-0.39, 0.29) is 11.8 Å². The summed E-state index contributed by atoms with van der Waals surface area (Å²) in [7, 11) is 0. The van der Waals surface area contributed by atoms with Gasteiger partial charge in [-0.1, -0.05) is 48.5 Å². The molecule has 2 aromatic carbocycles. The van der Waals surface area contributed by atoms with E-state index in [9.17, 15) is 9.59 Å². The lowest BCUT2D eigenvalue weighted by atomic mass is 9.94. The minimum absolute atomic E-state index is 0.0884. The Morgan fingerprint density at radius 2 is 1.41 bits per heavy atom. The predicted octanol–water partition coefficient (Wildman–Crippen LogP) is 3.95. The Morgan fingerprint density at radius 3 is 2.14 bits per heavy atom. The van der Waals surface area contributed by atoms with Gasteiger partial charge in [-0.3, -0.25) is 9.59 Å². The number of carbonyl (C=O) groups excluding carboxylic acids is 2. The van der Waals surface area contributed by atoms with Crippen molar-refractivity contribution >= 4 is 11.8 Å². The second-order valence-corrected chi connectivity index (χ2v) is 8.24. The SMILES string of the molecule is O=C(c1ccccc1CCc1ccccc1)N1CCC(C(=O)N2CCCC2)CC1. The van der Waals surface area contributed by atoms with Gasteiger partial charge in [-0.2, -0.15) is 0 Å². The van der Waals surface area contributed by atoms with Gasteiger partial charge in [0.15, 0.2) is 0 Å². The number of amides is 2. The minimum atomic E-state index is 0.0884. The third-order valence-electron chi connectivity index (χ3n) is 6.32. The van der Waals surface area contributed by atoms with E-state index < -0.39 is 0 Å². The Morgan fingerprint density at radius 1 is 0.759 bits per heavy atom. The van der Waals surface area contributed by atoms with Gasteiger partial charge in [0.2, 0.25) is 5.91 Å². The van der Waals surface area contributed by atoms with Gasteiger partial charge in [0, 0.05) is 37.7 Å². The lowest BCUT2D eigenvalue weighted by Gasteiger charge is -2.33. The summed E-state index contributed by atoms with van der Waals surface area (Å²) in [6, 6.07) is 18.4. The number of nitrogens with zero attached hydrogens (tertiary/aromatic N) is 2. The fourth-order valence-corrected chi connectivity index (χ4v) is 4.57. The van der Waals surface area contributed by atoms with Crippen LogP contribution < -0.4 is 0 Å². The molecule has 0 aromatic heterocycles. The quantitative estimate of drug-likeness (QED) is 0.776. The van der Waals surface area contributed by atoms with E-state index in [1.54, 1.807) is 0 Å². The lowest BCUT2D eigenvalue weighted by molar-refractivity contribution is -0.135. The average molecular weight is 391 g/mol. The number of aryl methyl sites for hydroxylation is 2. The summed E-state index contributed by atoms with van der Waals surface area (Å²) in [6.45, 7) is 3.17. The summed E-state index contributed by atoms with van der Waals surface area (Å²) in [5, 5.41) is 0. The van der Waals surface area contributed by atoms with Gasteiger partial charge in [-0.05, 0) is 55.7 Å². The molecule has 0 spiro atoms. The highest BCUT2D eigenvalue weighted by Crippen LogP contribution is 2.24. The van der Waals surface area contributed by atoms with E-state index in [1.807, 2.05) is 34.1 Å². The summed E-state index contributed by atoms with van der Waals surface area (Å²) >= 11 is 0. The summed E-state index contributed by atoms with van der Waals surface area (Å²) < 4.78 is 0. The van der Waals surface area contributed by atoms with Gasteiger partial charge in [-0.15, -0.1) is 0 Å². The Hall–Kier alpha value is -2.62. The van der Waals surface area contributed by atoms with Crippen LogP contribution in [-0.2, 0) is 17.6 Å². The molecule has 29 heavy (non-hydrogen) atoms. The summed E-state index contributed by atoms with van der Waals surface area (Å²) in [6.07, 6.45) is 5.61. The van der Waals surface area contributed by atoms with Crippen LogP contribution >= 0.6 is 0 Å². The van der Waals surface area contributed by atoms with Crippen LogP contribution in [0.15, 0.2) is 54.6 Å². The fourth-order valence-electron chi connectivity index (χ4n) is 4.57. The summed E-state index contributed by atoms with van der Waals surface area (Å²) in [5.41, 5.74) is 3.21. The second kappa shape index (κ2) is 9.25. The van der Waals surface area contributed by atoms with E-state index in [4.69, 9.17) is 0 Å². The highest BCUT2D eigenvalue weighted by atomic mass is 16.2. The fraction of sp³-hybridized carbons (Fsp3) is 0.440. The number of hydrogen-bond donors (Lipinski definition) is 0. The molecule has 2 saturated heterocycles. The number of hydrogen-bond acceptors (Lipinski definition) is 2. The maximum absolute atomic E-state index is 13.2. The molecule has 152 valence electrons. The van der Waals surface area contributed by atoms with Gasteiger partial charge in [0.05, 0.1) is 0 Å². The molecule has 2 heterocycles. The molecule has 2 fully saturated rings. The molecule has 2 aliphatic rings. The molecule has 0 bridgehead atoms. The molecule has 0 unspecified atom stereocenters. The van der Waals surface area contributed by atoms with Crippen LogP contribution in [-0.4, -0.2) is 47.8 Å². The molecule has 0 aliphatic carbocycles. The third kappa shape index (κ3) is 4.69. The highest BCUT2D eigenvalue weighted by molar-refractivity contribution is 5.96. The molecule has 0 radical (unpaired) electrons. The van der Waals surface area contributed by atoms with Gasteiger partial charge >= 0.3 is 0 Å². The van der Waals surface area contributed by atoms with Crippen molar-refractivity contribution in [2.45, 2.75) is 38.5 Å². The molecule has 4 rings (SSSR count). The van der Waals surface area contributed by atoms with E-state index in [1.165, 1.54) is 5.56 Å². The normalized spacial score (nSPS) is 17.5. The van der Waals surface area contributed by atoms with Crippen LogP contribution in [0, 0.1) is 5.92 Å². The van der Waals surface area contributed by atoms with Gasteiger partial charge in [0.1, 0.15) is 0 Å². The minimum Gasteiger partial charge on any atom is -0.342 e. The molecule has 4 heteroatoms. The molecule has 2 aromatic rings. The van der Waals surface area contributed by atoms with Crippen molar-refractivity contribution in [3.05, 3.63) is 71.3 Å². The van der Waals surface area contributed by atoms with E-state index in [0.29, 0.717) is 19.0 Å². The van der Waals surface area contributed by atoms with Crippen molar-refractivity contribution in [1.82, 2.24) is 9.80 Å². The molecule has 0 saturated carbocycles. The average Bonchev–Trinajstić information content (AvgIpc) is 3.33. The largest absolute Gasteiger partial charge is 0.342 e. The van der Waals surface area contributed by atoms with E-state index >= 15 is 0 Å². The highest BCUT2D eigenvalue weighted by Gasteiger charge is 2.31. The Labute approximate surface area is 173 Å². The van der Waals surface area contributed by atoms with Gasteiger partial charge in [0.25, 0.3) is 5.91 Å². The first-order valence-corrected chi connectivity index (χ1v) is 10.9. The molecular formula is C25H30N2O2. The van der Waals surface area contributed by atoms with Crippen molar-refractivity contribution in [3.63, 3.8) is 0 Å². The van der Waals surface area contributed by atoms with Crippen molar-refractivity contribution < 1.29 is 9.59 Å². The van der Waals surface area contributed by atoms with Gasteiger partial charge < -0.3 is 9.80 Å². The molecule has 2 amide bonds. The molecule has 0 N–H and O–H groups in total. The maximum atomic E-state index is 13.2. The first kappa shape index (κ1) is 19.7. The number of likely N-dealkylation sites (tertiary alicyclic amines) is 2. The van der Waals surface area contributed by atoms with E-state index in [0.717, 1.165) is 62.7 Å². The lowest BCUT2D eigenvalue weighted by Crippen LogP contribution is -2.44. The van der Waals surface area contributed by atoms with Crippen molar-refractivity contribution in [2.24, 2.45) is 5.92 Å². The second-order valence-electron chi connectivity index (χ2n) is 8.24. The summed E-state index contributed by atoms with van der Waals surface area (Å²) in [5.74, 6) is 0.504. The third-order valence-corrected chi connectivity index (χ3v) is 6.32. The topological polar surface area (TPSA) is 40.6 Å². The van der Waals surface area contributed by atoms with Crippen molar-refractivity contribution in [1.29, 1.82) is 0 Å². The van der Waals surface area contributed by atoms with Crippen molar-refractivity contribution in [2.75, 3.05) is 26.2 Å². The standard InChI is InChI=1S/C25H30N2O2/c28-24(26-16-6-7-17-26)22-14-18-27(19-15-22)25(29)23-11-5-4-10-21(23)13-12-20-8-2-1-3-9-20/h1-5,8-11,22H,6-7,12-19H2. The van der Waals surface area contributed by atoms with Crippen LogP contribution in [0.5, 0.6) is 0 Å². The maximum Gasteiger partial charge on any atom is 0.254 e. The predicted molar refractivity (Wildman–Crippen MR) is 115 cm³/mol. The number of piperidine rings is 1. The Balaban J connectivity index is 1.37. The first-order valence-electron chi connectivity index (χ1n) is 10.9. The van der Waals surface area contributed by atoms with Crippen LogP contribution in [0.25, 0.3) is 0 Å². The molecule has 0 atom stereocenters. The van der Waals surface area contributed by atoms with Crippen molar-refractivity contribution in [3.8, 4) is 0 Å². The van der Waals surface area contributed by atoms with Crippen LogP contribution in [0.4, 0.5) is 0 Å². The zero-order valence-corrected chi connectivity index (χ0v) is 17.1. The van der Waals surface area contributed by atoms with Crippen LogP contribution in [0.1, 0.15) is 47.2 Å². The zero-order valence-electron chi connectivity index (χ0n) is 17.1. The van der Waals surface area contributed by atoms with Crippen LogP contribution in [0.3, 0.4) is 0 Å². The monoisotopic (exact) mass is 390 g/mol. The smallest absolute Gasteiger partial charge is 0.254 e.